The number of epoxide rings is 1. The van der Waals surface area contributed by atoms with Gasteiger partial charge in [0.05, 0.1) is 5.52 Å². The van der Waals surface area contributed by atoms with Gasteiger partial charge in [-0.25, -0.2) is 0 Å². The summed E-state index contributed by atoms with van der Waals surface area (Å²) < 4.78 is 11.8. The number of aromatic nitrogens is 1. The lowest BCUT2D eigenvalue weighted by Crippen LogP contribution is -2.37. The lowest BCUT2D eigenvalue weighted by Gasteiger charge is -2.29. The van der Waals surface area contributed by atoms with Gasteiger partial charge in [-0.1, -0.05) is 0 Å². The topological polar surface area (TPSA) is 34.6 Å². The number of benzene rings is 1. The van der Waals surface area contributed by atoms with Crippen molar-refractivity contribution in [3.05, 3.63) is 42.4 Å². The van der Waals surface area contributed by atoms with Crippen LogP contribution in [0.3, 0.4) is 0 Å². The summed E-state index contributed by atoms with van der Waals surface area (Å²) in [5.41, 5.74) is 2.79. The molecule has 18 heavy (non-hydrogen) atoms. The Morgan fingerprint density at radius 1 is 1.33 bits per heavy atom. The van der Waals surface area contributed by atoms with Gasteiger partial charge in [-0.2, -0.15) is 0 Å². The quantitative estimate of drug-likeness (QED) is 0.664. The third-order valence-corrected chi connectivity index (χ3v) is 3.82. The SMILES string of the molecule is [CH2]c1ccnc2cc3c(cc12)OC(C)(C)[C@@H]1O[C@H]31. The number of hydrogen-bond donors (Lipinski definition) is 0. The number of ether oxygens (including phenoxy) is 2. The van der Waals surface area contributed by atoms with Gasteiger partial charge in [-0.05, 0) is 44.5 Å². The van der Waals surface area contributed by atoms with E-state index in [0.29, 0.717) is 0 Å². The van der Waals surface area contributed by atoms with E-state index in [9.17, 15) is 0 Å². The highest BCUT2D eigenvalue weighted by atomic mass is 16.6. The second-order valence-electron chi connectivity index (χ2n) is 5.56. The first-order chi connectivity index (χ1) is 8.56. The molecule has 0 N–H and O–H groups in total. The van der Waals surface area contributed by atoms with Crippen LogP contribution in [0.15, 0.2) is 24.4 Å². The van der Waals surface area contributed by atoms with Crippen LogP contribution in [0.1, 0.15) is 31.1 Å². The zero-order valence-corrected chi connectivity index (χ0v) is 10.4. The summed E-state index contributed by atoms with van der Waals surface area (Å²) in [5, 5.41) is 1.05. The van der Waals surface area contributed by atoms with Gasteiger partial charge in [-0.3, -0.25) is 4.98 Å². The van der Waals surface area contributed by atoms with Crippen molar-refractivity contribution in [3.63, 3.8) is 0 Å². The molecule has 0 amide bonds. The molecule has 0 spiro atoms. The molecule has 2 aliphatic rings. The Hall–Kier alpha value is -1.61. The summed E-state index contributed by atoms with van der Waals surface area (Å²) in [4.78, 5) is 4.39. The van der Waals surface area contributed by atoms with Gasteiger partial charge in [0.2, 0.25) is 0 Å². The van der Waals surface area contributed by atoms with E-state index >= 15 is 0 Å². The maximum atomic E-state index is 6.06. The molecule has 0 aliphatic carbocycles. The van der Waals surface area contributed by atoms with Crippen LogP contribution in [0.2, 0.25) is 0 Å². The smallest absolute Gasteiger partial charge is 0.132 e. The Morgan fingerprint density at radius 2 is 2.17 bits per heavy atom. The number of pyridine rings is 1. The lowest BCUT2D eigenvalue weighted by molar-refractivity contribution is 0.0727. The molecule has 2 atom stereocenters. The second kappa shape index (κ2) is 3.04. The summed E-state index contributed by atoms with van der Waals surface area (Å²) in [7, 11) is 0. The predicted molar refractivity (Wildman–Crippen MR) is 68.5 cm³/mol. The van der Waals surface area contributed by atoms with Crippen LogP contribution >= 0.6 is 0 Å². The Morgan fingerprint density at radius 3 is 3.00 bits per heavy atom. The molecule has 0 saturated carbocycles. The van der Waals surface area contributed by atoms with Gasteiger partial charge < -0.3 is 9.47 Å². The fourth-order valence-electron chi connectivity index (χ4n) is 2.78. The minimum Gasteiger partial charge on any atom is -0.485 e. The number of hydrogen-bond acceptors (Lipinski definition) is 3. The third-order valence-electron chi connectivity index (χ3n) is 3.82. The molecule has 0 bridgehead atoms. The van der Waals surface area contributed by atoms with Crippen LogP contribution in [0.25, 0.3) is 10.9 Å². The molecule has 2 aliphatic heterocycles. The van der Waals surface area contributed by atoms with E-state index in [1.165, 1.54) is 0 Å². The first-order valence-corrected chi connectivity index (χ1v) is 6.15. The lowest BCUT2D eigenvalue weighted by atomic mass is 9.93. The molecule has 1 fully saturated rings. The van der Waals surface area contributed by atoms with E-state index in [2.05, 4.69) is 31.8 Å². The van der Waals surface area contributed by atoms with Crippen LogP contribution in [-0.4, -0.2) is 16.7 Å². The summed E-state index contributed by atoms with van der Waals surface area (Å²) in [5.74, 6) is 0.907. The number of fused-ring (bicyclic) bond motifs is 4. The van der Waals surface area contributed by atoms with E-state index in [1.807, 2.05) is 12.1 Å². The summed E-state index contributed by atoms with van der Waals surface area (Å²) in [6, 6.07) is 6.03. The van der Waals surface area contributed by atoms with Gasteiger partial charge in [-0.15, -0.1) is 0 Å². The van der Waals surface area contributed by atoms with Crippen molar-refractivity contribution in [1.29, 1.82) is 0 Å². The van der Waals surface area contributed by atoms with Crippen LogP contribution in [0.5, 0.6) is 5.75 Å². The maximum absolute atomic E-state index is 6.06. The monoisotopic (exact) mass is 240 g/mol. The molecule has 91 valence electrons. The summed E-state index contributed by atoms with van der Waals surface area (Å²) in [6.45, 7) is 8.17. The minimum absolute atomic E-state index is 0.170. The Balaban J connectivity index is 1.98. The van der Waals surface area contributed by atoms with Crippen LogP contribution in [0, 0.1) is 6.92 Å². The van der Waals surface area contributed by atoms with Crippen LogP contribution in [0.4, 0.5) is 0 Å². The molecule has 1 aromatic carbocycles. The first-order valence-electron chi connectivity index (χ1n) is 6.15. The zero-order valence-electron chi connectivity index (χ0n) is 10.4. The second-order valence-corrected chi connectivity index (χ2v) is 5.56. The number of nitrogens with zero attached hydrogens (tertiary/aromatic N) is 1. The van der Waals surface area contributed by atoms with Crippen molar-refractivity contribution in [3.8, 4) is 5.75 Å². The van der Waals surface area contributed by atoms with Crippen molar-refractivity contribution in [2.45, 2.75) is 31.7 Å². The fourth-order valence-corrected chi connectivity index (χ4v) is 2.78. The van der Waals surface area contributed by atoms with Crippen molar-refractivity contribution in [2.75, 3.05) is 0 Å². The molecular formula is C15H14NO2. The highest BCUT2D eigenvalue weighted by Gasteiger charge is 2.56. The highest BCUT2D eigenvalue weighted by Crippen LogP contribution is 2.54. The van der Waals surface area contributed by atoms with Crippen molar-refractivity contribution in [1.82, 2.24) is 4.98 Å². The molecule has 2 aromatic rings. The normalized spacial score (nSPS) is 27.3. The maximum Gasteiger partial charge on any atom is 0.132 e. The first kappa shape index (κ1) is 10.3. The zero-order chi connectivity index (χ0) is 12.5. The summed E-state index contributed by atoms with van der Waals surface area (Å²) in [6.07, 6.45) is 2.13. The van der Waals surface area contributed by atoms with Gasteiger partial charge in [0.25, 0.3) is 0 Å². The molecule has 4 rings (SSSR count). The molecule has 1 saturated heterocycles. The number of rotatable bonds is 0. The molecular weight excluding hydrogens is 226 g/mol. The molecule has 3 heterocycles. The highest BCUT2D eigenvalue weighted by molar-refractivity contribution is 5.85. The Labute approximate surface area is 106 Å². The largest absolute Gasteiger partial charge is 0.485 e. The standard InChI is InChI=1S/C15H14NO2/c1-8-4-5-16-11-6-10-12(7-9(8)11)18-15(2,3)14-13(10)17-14/h4-7,13-14H,1H2,2-3H3/t13-,14-/m1/s1. The van der Waals surface area contributed by atoms with Gasteiger partial charge >= 0.3 is 0 Å². The molecule has 0 unspecified atom stereocenters. The average Bonchev–Trinajstić information content (AvgIpc) is 3.09. The van der Waals surface area contributed by atoms with Gasteiger partial charge in [0.15, 0.2) is 0 Å². The Kier molecular flexibility index (Phi) is 1.74. The fraction of sp³-hybridized carbons (Fsp3) is 0.333. The van der Waals surface area contributed by atoms with Crippen molar-refractivity contribution < 1.29 is 9.47 Å². The van der Waals surface area contributed by atoms with E-state index in [1.54, 1.807) is 6.20 Å². The molecule has 1 aromatic heterocycles. The van der Waals surface area contributed by atoms with E-state index in [0.717, 1.165) is 27.8 Å². The third kappa shape index (κ3) is 1.25. The summed E-state index contributed by atoms with van der Waals surface area (Å²) >= 11 is 0. The van der Waals surface area contributed by atoms with Crippen molar-refractivity contribution >= 4 is 10.9 Å². The van der Waals surface area contributed by atoms with Gasteiger partial charge in [0.1, 0.15) is 23.6 Å². The van der Waals surface area contributed by atoms with Gasteiger partial charge in [0, 0.05) is 17.1 Å². The Bertz CT molecular complexity index is 663. The molecule has 1 radical (unpaired) electrons. The average molecular weight is 240 g/mol. The minimum atomic E-state index is -0.255. The van der Waals surface area contributed by atoms with Crippen molar-refractivity contribution in [2.24, 2.45) is 0 Å². The van der Waals surface area contributed by atoms with Crippen LogP contribution in [-0.2, 0) is 4.74 Å². The molecule has 3 nitrogen and oxygen atoms in total. The van der Waals surface area contributed by atoms with Crippen LogP contribution < -0.4 is 4.74 Å². The van der Waals surface area contributed by atoms with E-state index < -0.39 is 0 Å². The van der Waals surface area contributed by atoms with E-state index in [-0.39, 0.29) is 17.8 Å². The van der Waals surface area contributed by atoms with E-state index in [4.69, 9.17) is 9.47 Å². The molecule has 3 heteroatoms. The predicted octanol–water partition coefficient (Wildman–Crippen LogP) is 3.03.